The Balaban J connectivity index is 1.58. The molecule has 0 saturated heterocycles. The highest BCUT2D eigenvalue weighted by Gasteiger charge is 2.40. The molecule has 5 rings (SSSR count). The van der Waals surface area contributed by atoms with Crippen LogP contribution >= 0.6 is 11.3 Å². The van der Waals surface area contributed by atoms with Crippen LogP contribution in [-0.4, -0.2) is 40.6 Å². The number of nitrogens with one attached hydrogen (secondary N) is 1. The maximum Gasteiger partial charge on any atom is 0.432 e. The van der Waals surface area contributed by atoms with Crippen molar-refractivity contribution >= 4 is 50.4 Å². The van der Waals surface area contributed by atoms with E-state index in [0.29, 0.717) is 11.5 Å². The van der Waals surface area contributed by atoms with Crippen molar-refractivity contribution < 1.29 is 22.7 Å². The van der Waals surface area contributed by atoms with Gasteiger partial charge in [0.05, 0.1) is 37.9 Å². The van der Waals surface area contributed by atoms with Crippen molar-refractivity contribution in [2.24, 2.45) is 17.0 Å². The molecule has 1 unspecified atom stereocenters. The number of carbonyl (C=O) groups is 1. The minimum absolute atomic E-state index is 0.0467. The van der Waals surface area contributed by atoms with E-state index in [-0.39, 0.29) is 16.9 Å². The lowest BCUT2D eigenvalue weighted by atomic mass is 10.1. The Morgan fingerprint density at radius 3 is 2.71 bits per heavy atom. The van der Waals surface area contributed by atoms with E-state index >= 15 is 0 Å². The molecule has 1 aliphatic heterocycles. The molecule has 11 heteroatoms. The van der Waals surface area contributed by atoms with E-state index in [1.807, 2.05) is 13.0 Å². The van der Waals surface area contributed by atoms with Gasteiger partial charge in [-0.15, -0.1) is 11.3 Å². The first-order valence-corrected chi connectivity index (χ1v) is 11.1. The predicted molar refractivity (Wildman–Crippen MR) is 125 cm³/mol. The zero-order valence-electron chi connectivity index (χ0n) is 18.3. The van der Waals surface area contributed by atoms with E-state index in [1.165, 1.54) is 43.9 Å². The molecule has 1 N–H and O–H groups in total. The summed E-state index contributed by atoms with van der Waals surface area (Å²) in [4.78, 5) is 26.2. The molecular weight excluding hydrogens is 467 g/mol. The number of aromatic nitrogens is 2. The molecule has 4 aromatic rings. The third kappa shape index (κ3) is 3.52. The highest BCUT2D eigenvalue weighted by Crippen LogP contribution is 2.40. The Labute approximate surface area is 195 Å². The summed E-state index contributed by atoms with van der Waals surface area (Å²) >= 11 is 1.46. The summed E-state index contributed by atoms with van der Waals surface area (Å²) in [6.45, 7) is 1.95. The van der Waals surface area contributed by atoms with Gasteiger partial charge in [-0.2, -0.15) is 13.2 Å². The van der Waals surface area contributed by atoms with Gasteiger partial charge in [0.15, 0.2) is 0 Å². The summed E-state index contributed by atoms with van der Waals surface area (Å²) in [6.07, 6.45) is -1.56. The number of halogens is 3. The van der Waals surface area contributed by atoms with Crippen molar-refractivity contribution in [3.05, 3.63) is 52.7 Å². The smallest absolute Gasteiger partial charge is 0.432 e. The van der Waals surface area contributed by atoms with Crippen molar-refractivity contribution in [2.45, 2.75) is 19.1 Å². The Morgan fingerprint density at radius 1 is 1.24 bits per heavy atom. The first kappa shape index (κ1) is 22.1. The van der Waals surface area contributed by atoms with Crippen LogP contribution in [0.3, 0.4) is 0 Å². The summed E-state index contributed by atoms with van der Waals surface area (Å²) in [7, 11) is 2.58. The number of alkyl halides is 3. The van der Waals surface area contributed by atoms with Gasteiger partial charge >= 0.3 is 6.18 Å². The van der Waals surface area contributed by atoms with Crippen LogP contribution in [0.15, 0.2) is 46.5 Å². The maximum absolute atomic E-state index is 13.8. The third-order valence-electron chi connectivity index (χ3n) is 5.63. The molecule has 0 spiro atoms. The SMILES string of the molecule is CNC(=O)c1c(C(F)(F)F)n(C)c2cc(Oc3ccnc4cc(C5=NC=NC5C)sc34)ccc12. The number of hydrogen-bond acceptors (Lipinski definition) is 6. The van der Waals surface area contributed by atoms with E-state index in [1.54, 1.807) is 18.3 Å². The van der Waals surface area contributed by atoms with Crippen molar-refractivity contribution in [2.75, 3.05) is 7.05 Å². The maximum atomic E-state index is 13.8. The van der Waals surface area contributed by atoms with Crippen LogP contribution in [-0.2, 0) is 13.2 Å². The van der Waals surface area contributed by atoms with Gasteiger partial charge in [0, 0.05) is 37.8 Å². The van der Waals surface area contributed by atoms with E-state index in [9.17, 15) is 18.0 Å². The number of amides is 1. The number of rotatable bonds is 4. The molecule has 0 saturated carbocycles. The fourth-order valence-electron chi connectivity index (χ4n) is 4.06. The van der Waals surface area contributed by atoms with Crippen LogP contribution in [0, 0.1) is 0 Å². The minimum Gasteiger partial charge on any atom is -0.456 e. The topological polar surface area (TPSA) is 80.9 Å². The largest absolute Gasteiger partial charge is 0.456 e. The molecule has 174 valence electrons. The third-order valence-corrected chi connectivity index (χ3v) is 6.79. The fourth-order valence-corrected chi connectivity index (χ4v) is 5.20. The number of fused-ring (bicyclic) bond motifs is 2. The quantitative estimate of drug-likeness (QED) is 0.433. The number of aryl methyl sites for hydroxylation is 1. The van der Waals surface area contributed by atoms with Crippen LogP contribution in [0.4, 0.5) is 13.2 Å². The normalized spacial score (nSPS) is 15.8. The second kappa shape index (κ2) is 7.94. The molecule has 7 nitrogen and oxygen atoms in total. The van der Waals surface area contributed by atoms with E-state index in [0.717, 1.165) is 25.4 Å². The number of benzene rings is 1. The summed E-state index contributed by atoms with van der Waals surface area (Å²) < 4.78 is 49.1. The number of ether oxygens (including phenoxy) is 1. The van der Waals surface area contributed by atoms with E-state index < -0.39 is 23.3 Å². The standard InChI is InChI=1S/C23H18F3N5O2S/c1-11-19(30-10-29-11)17-9-14-20(34-17)16(6-7-28-14)33-12-4-5-13-15(8-12)31(3)21(23(24,25)26)18(13)22(32)27-2/h4-11H,1-3H3,(H,27,32). The van der Waals surface area contributed by atoms with Crippen molar-refractivity contribution in [3.8, 4) is 11.5 Å². The van der Waals surface area contributed by atoms with Crippen molar-refractivity contribution in [1.29, 1.82) is 0 Å². The van der Waals surface area contributed by atoms with Gasteiger partial charge in [-0.1, -0.05) is 0 Å². The molecule has 0 fully saturated rings. The monoisotopic (exact) mass is 485 g/mol. The van der Waals surface area contributed by atoms with Gasteiger partial charge in [0.25, 0.3) is 5.91 Å². The Bertz CT molecular complexity index is 1520. The molecule has 1 atom stereocenters. The lowest BCUT2D eigenvalue weighted by molar-refractivity contribution is -0.143. The highest BCUT2D eigenvalue weighted by molar-refractivity contribution is 7.21. The first-order chi connectivity index (χ1) is 16.2. The van der Waals surface area contributed by atoms with Gasteiger partial charge in [0.1, 0.15) is 23.5 Å². The Hall–Kier alpha value is -3.73. The summed E-state index contributed by atoms with van der Waals surface area (Å²) in [5.74, 6) is 0.0498. The fraction of sp³-hybridized carbons (Fsp3) is 0.217. The average molecular weight is 485 g/mol. The molecule has 1 amide bonds. The molecule has 1 aliphatic rings. The molecular formula is C23H18F3N5O2S. The Morgan fingerprint density at radius 2 is 2.03 bits per heavy atom. The summed E-state index contributed by atoms with van der Waals surface area (Å²) in [5, 5.41) is 2.48. The van der Waals surface area contributed by atoms with E-state index in [2.05, 4.69) is 20.3 Å². The first-order valence-electron chi connectivity index (χ1n) is 10.3. The number of carbonyl (C=O) groups excluding carboxylic acids is 1. The van der Waals surface area contributed by atoms with Gasteiger partial charge in [-0.25, -0.2) is 4.99 Å². The minimum atomic E-state index is -4.70. The van der Waals surface area contributed by atoms with Gasteiger partial charge in [-0.05, 0) is 25.1 Å². The number of thiophene rings is 1. The molecule has 3 aromatic heterocycles. The Kier molecular flexibility index (Phi) is 5.16. The van der Waals surface area contributed by atoms with E-state index in [4.69, 9.17) is 4.74 Å². The van der Waals surface area contributed by atoms with Crippen LogP contribution in [0.1, 0.15) is 27.9 Å². The second-order valence-corrected chi connectivity index (χ2v) is 8.78. The zero-order valence-corrected chi connectivity index (χ0v) is 19.1. The number of nitrogens with zero attached hydrogens (tertiary/aromatic N) is 4. The lowest BCUT2D eigenvalue weighted by Crippen LogP contribution is -2.23. The molecule has 0 radical (unpaired) electrons. The molecule has 34 heavy (non-hydrogen) atoms. The predicted octanol–water partition coefficient (Wildman–Crippen LogP) is 5.18. The zero-order chi connectivity index (χ0) is 24.2. The number of hydrogen-bond donors (Lipinski definition) is 1. The summed E-state index contributed by atoms with van der Waals surface area (Å²) in [5.41, 5.74) is 0.372. The summed E-state index contributed by atoms with van der Waals surface area (Å²) in [6, 6.07) is 8.08. The molecule has 0 aliphatic carbocycles. The number of aliphatic imine (C=N–C) groups is 2. The molecule has 0 bridgehead atoms. The van der Waals surface area contributed by atoms with Crippen LogP contribution in [0.25, 0.3) is 21.1 Å². The van der Waals surface area contributed by atoms with Crippen LogP contribution in [0.5, 0.6) is 11.5 Å². The van der Waals surface area contributed by atoms with Gasteiger partial charge in [0.2, 0.25) is 0 Å². The van der Waals surface area contributed by atoms with Crippen molar-refractivity contribution in [1.82, 2.24) is 14.9 Å². The van der Waals surface area contributed by atoms with Crippen LogP contribution in [0.2, 0.25) is 0 Å². The van der Waals surface area contributed by atoms with Crippen LogP contribution < -0.4 is 10.1 Å². The van der Waals surface area contributed by atoms with Gasteiger partial charge < -0.3 is 14.6 Å². The van der Waals surface area contributed by atoms with Gasteiger partial charge in [-0.3, -0.25) is 14.8 Å². The lowest BCUT2D eigenvalue weighted by Gasteiger charge is -2.10. The molecule has 4 heterocycles. The molecule has 1 aromatic carbocycles. The second-order valence-electron chi connectivity index (χ2n) is 7.73. The number of pyridine rings is 1. The highest BCUT2D eigenvalue weighted by atomic mass is 32.1. The average Bonchev–Trinajstić information content (AvgIpc) is 3.48. The van der Waals surface area contributed by atoms with Crippen molar-refractivity contribution in [3.63, 3.8) is 0 Å².